The number of ether oxygens (including phenoxy) is 4. The van der Waals surface area contributed by atoms with E-state index in [2.05, 4.69) is 12.2 Å². The Hall–Kier alpha value is -3.10. The summed E-state index contributed by atoms with van der Waals surface area (Å²) in [6, 6.07) is 7.98. The number of alkyl carbamates (subject to hydrolysis) is 1. The molecule has 2 rings (SSSR count). The predicted octanol–water partition coefficient (Wildman–Crippen LogP) is 6.02. The monoisotopic (exact) mass is 561 g/mol. The highest BCUT2D eigenvalue weighted by atomic mass is 16.6. The lowest BCUT2D eigenvalue weighted by Crippen LogP contribution is -2.47. The molecule has 0 aromatic heterocycles. The van der Waals surface area contributed by atoms with Gasteiger partial charge in [-0.3, -0.25) is 9.59 Å². The maximum absolute atomic E-state index is 13.4. The van der Waals surface area contributed by atoms with Crippen LogP contribution in [0.2, 0.25) is 0 Å². The third-order valence-corrected chi connectivity index (χ3v) is 6.72. The third kappa shape index (κ3) is 13.3. The van der Waals surface area contributed by atoms with Crippen LogP contribution in [0.1, 0.15) is 104 Å². The van der Waals surface area contributed by atoms with Crippen molar-refractivity contribution in [3.8, 4) is 0 Å². The van der Waals surface area contributed by atoms with Gasteiger partial charge in [0.1, 0.15) is 30.5 Å². The summed E-state index contributed by atoms with van der Waals surface area (Å²) in [5.74, 6) is -2.07. The predicted molar refractivity (Wildman–Crippen MR) is 150 cm³/mol. The van der Waals surface area contributed by atoms with E-state index >= 15 is 0 Å². The average molecular weight is 562 g/mol. The van der Waals surface area contributed by atoms with E-state index in [1.165, 1.54) is 0 Å². The van der Waals surface area contributed by atoms with E-state index in [0.717, 1.165) is 56.9 Å². The molecule has 0 unspecified atom stereocenters. The Morgan fingerprint density at radius 1 is 0.975 bits per heavy atom. The van der Waals surface area contributed by atoms with E-state index in [1.54, 1.807) is 20.8 Å². The highest BCUT2D eigenvalue weighted by Crippen LogP contribution is 2.23. The summed E-state index contributed by atoms with van der Waals surface area (Å²) in [7, 11) is 0. The Morgan fingerprint density at radius 3 is 2.27 bits per heavy atom. The smallest absolute Gasteiger partial charge is 0.408 e. The topological polar surface area (TPSA) is 117 Å². The summed E-state index contributed by atoms with van der Waals surface area (Å²) in [6.45, 7) is 9.17. The van der Waals surface area contributed by atoms with Gasteiger partial charge in [0.2, 0.25) is 0 Å². The van der Waals surface area contributed by atoms with Crippen LogP contribution < -0.4 is 5.32 Å². The van der Waals surface area contributed by atoms with Crippen molar-refractivity contribution >= 4 is 24.0 Å². The van der Waals surface area contributed by atoms with Crippen molar-refractivity contribution in [2.45, 2.75) is 129 Å². The summed E-state index contributed by atoms with van der Waals surface area (Å²) in [6.07, 6.45) is 4.82. The van der Waals surface area contributed by atoms with E-state index in [1.807, 2.05) is 37.3 Å². The first kappa shape index (κ1) is 33.1. The Balaban J connectivity index is 2.10. The molecule has 1 aromatic carbocycles. The molecule has 9 nitrogen and oxygen atoms in total. The molecule has 0 radical (unpaired) electrons. The lowest BCUT2D eigenvalue weighted by molar-refractivity contribution is -0.164. The van der Waals surface area contributed by atoms with Crippen LogP contribution in [-0.4, -0.2) is 47.9 Å². The van der Waals surface area contributed by atoms with Crippen LogP contribution in [0.5, 0.6) is 0 Å². The van der Waals surface area contributed by atoms with Gasteiger partial charge in [0.25, 0.3) is 0 Å². The number of nitrogens with one attached hydrogen (secondary N) is 1. The van der Waals surface area contributed by atoms with E-state index < -0.39 is 48.2 Å². The van der Waals surface area contributed by atoms with E-state index in [4.69, 9.17) is 18.9 Å². The van der Waals surface area contributed by atoms with Crippen molar-refractivity contribution < 1.29 is 38.1 Å². The van der Waals surface area contributed by atoms with Crippen LogP contribution in [0.15, 0.2) is 30.3 Å². The fourth-order valence-electron chi connectivity index (χ4n) is 4.49. The third-order valence-electron chi connectivity index (χ3n) is 6.72. The first-order valence-corrected chi connectivity index (χ1v) is 14.6. The zero-order valence-corrected chi connectivity index (χ0v) is 24.7. The van der Waals surface area contributed by atoms with Gasteiger partial charge in [-0.1, -0.05) is 63.4 Å². The molecule has 0 bridgehead atoms. The molecule has 1 aliphatic rings. The molecule has 40 heavy (non-hydrogen) atoms. The number of carbonyl (C=O) groups is 4. The summed E-state index contributed by atoms with van der Waals surface area (Å²) in [5.41, 5.74) is 0.0439. The minimum Gasteiger partial charge on any atom is -0.462 e. The van der Waals surface area contributed by atoms with Gasteiger partial charge in [0.15, 0.2) is 0 Å². The highest BCUT2D eigenvalue weighted by Gasteiger charge is 2.33. The van der Waals surface area contributed by atoms with Crippen molar-refractivity contribution in [2.75, 3.05) is 0 Å². The maximum atomic E-state index is 13.4. The highest BCUT2D eigenvalue weighted by molar-refractivity contribution is 5.86. The maximum Gasteiger partial charge on any atom is 0.408 e. The molecular formula is C31H47NO8. The summed E-state index contributed by atoms with van der Waals surface area (Å²) < 4.78 is 22.1. The van der Waals surface area contributed by atoms with E-state index in [0.29, 0.717) is 0 Å². The molecular weight excluding hydrogens is 514 g/mol. The quantitative estimate of drug-likeness (QED) is 0.217. The second kappa shape index (κ2) is 16.9. The van der Waals surface area contributed by atoms with Crippen LogP contribution in [0, 0.1) is 5.92 Å². The van der Waals surface area contributed by atoms with E-state index in [9.17, 15) is 19.2 Å². The number of hydrogen-bond acceptors (Lipinski definition) is 8. The second-order valence-electron chi connectivity index (χ2n) is 11.6. The molecule has 9 heteroatoms. The Labute approximate surface area is 238 Å². The zero-order chi connectivity index (χ0) is 29.5. The number of unbranched alkanes of at least 4 members (excludes halogenated alkanes) is 1. The van der Waals surface area contributed by atoms with Gasteiger partial charge in [-0.25, -0.2) is 9.59 Å². The van der Waals surface area contributed by atoms with Crippen molar-refractivity contribution in [3.05, 3.63) is 35.9 Å². The molecule has 1 saturated carbocycles. The molecule has 1 fully saturated rings. The lowest BCUT2D eigenvalue weighted by Gasteiger charge is -2.27. The second-order valence-corrected chi connectivity index (χ2v) is 11.6. The largest absolute Gasteiger partial charge is 0.462 e. The van der Waals surface area contributed by atoms with Gasteiger partial charge in [0, 0.05) is 0 Å². The zero-order valence-electron chi connectivity index (χ0n) is 24.7. The Bertz CT molecular complexity index is 936. The van der Waals surface area contributed by atoms with Crippen molar-refractivity contribution in [1.82, 2.24) is 5.32 Å². The minimum absolute atomic E-state index is 0.111. The van der Waals surface area contributed by atoms with Gasteiger partial charge in [-0.05, 0) is 64.4 Å². The summed E-state index contributed by atoms with van der Waals surface area (Å²) in [5, 5.41) is 2.48. The summed E-state index contributed by atoms with van der Waals surface area (Å²) >= 11 is 0. The number of benzene rings is 1. The number of carbonyl (C=O) groups excluding carboxylic acids is 4. The molecule has 0 spiro atoms. The number of amides is 1. The Kier molecular flexibility index (Phi) is 14.0. The SMILES string of the molecule is CCCC[C@H](C)[C@H](CC(=O)OCc1ccccc1)OC(=O)[C@H](CC(=O)OC1CCCCC1)NC(=O)OC(C)(C)C. The molecule has 0 saturated heterocycles. The lowest BCUT2D eigenvalue weighted by atomic mass is 9.95. The molecule has 224 valence electrons. The van der Waals surface area contributed by atoms with Crippen molar-refractivity contribution in [1.29, 1.82) is 0 Å². The minimum atomic E-state index is -1.33. The normalized spacial score (nSPS) is 16.2. The first-order valence-electron chi connectivity index (χ1n) is 14.6. The van der Waals surface area contributed by atoms with Crippen molar-refractivity contribution in [2.24, 2.45) is 5.92 Å². The van der Waals surface area contributed by atoms with Crippen LogP contribution in [0.3, 0.4) is 0 Å². The molecule has 3 atom stereocenters. The van der Waals surface area contributed by atoms with Gasteiger partial charge >= 0.3 is 24.0 Å². The fraction of sp³-hybridized carbons (Fsp3) is 0.677. The average Bonchev–Trinajstić information content (AvgIpc) is 2.89. The number of hydrogen-bond donors (Lipinski definition) is 1. The molecule has 1 N–H and O–H groups in total. The van der Waals surface area contributed by atoms with Gasteiger partial charge in [-0.2, -0.15) is 0 Å². The van der Waals surface area contributed by atoms with Gasteiger partial charge in [-0.15, -0.1) is 0 Å². The molecule has 1 amide bonds. The van der Waals surface area contributed by atoms with E-state index in [-0.39, 0.29) is 25.0 Å². The molecule has 0 heterocycles. The fourth-order valence-corrected chi connectivity index (χ4v) is 4.49. The number of esters is 3. The van der Waals surface area contributed by atoms with Gasteiger partial charge in [0.05, 0.1) is 12.8 Å². The number of rotatable bonds is 14. The molecule has 1 aromatic rings. The van der Waals surface area contributed by atoms with Crippen LogP contribution in [0.25, 0.3) is 0 Å². The molecule has 0 aliphatic heterocycles. The van der Waals surface area contributed by atoms with Crippen molar-refractivity contribution in [3.63, 3.8) is 0 Å². The van der Waals surface area contributed by atoms with Gasteiger partial charge < -0.3 is 24.3 Å². The first-order chi connectivity index (χ1) is 19.0. The molecule has 1 aliphatic carbocycles. The van der Waals surface area contributed by atoms with Crippen LogP contribution >= 0.6 is 0 Å². The summed E-state index contributed by atoms with van der Waals surface area (Å²) in [4.78, 5) is 51.4. The Morgan fingerprint density at radius 2 is 1.65 bits per heavy atom. The van der Waals surface area contributed by atoms with Crippen LogP contribution in [-0.2, 0) is 39.9 Å². The standard InChI is InChI=1S/C31H47NO8/c1-6-7-14-22(2)26(20-27(33)37-21-23-15-10-8-11-16-23)39-29(35)25(32-30(36)40-31(3,4)5)19-28(34)38-24-17-12-9-13-18-24/h8,10-11,15-16,22,24-26H,6-7,9,12-14,17-21H2,1-5H3,(H,32,36)/t22-,25-,26-/m0/s1. The van der Waals surface area contributed by atoms with Crippen LogP contribution in [0.4, 0.5) is 4.79 Å².